The van der Waals surface area contributed by atoms with Crippen LogP contribution in [0.2, 0.25) is 0 Å². The lowest BCUT2D eigenvalue weighted by atomic mass is 9.87. The molecule has 0 saturated carbocycles. The molecule has 0 aromatic rings. The molecule has 0 rings (SSSR count). The van der Waals surface area contributed by atoms with E-state index >= 15 is 0 Å². The van der Waals surface area contributed by atoms with Gasteiger partial charge in [0.2, 0.25) is 0 Å². The molecule has 0 spiro atoms. The van der Waals surface area contributed by atoms with E-state index in [-0.39, 0.29) is 0 Å². The van der Waals surface area contributed by atoms with Crippen molar-refractivity contribution in [2.75, 3.05) is 40.4 Å². The van der Waals surface area contributed by atoms with Gasteiger partial charge in [-0.05, 0) is 19.5 Å². The zero-order chi connectivity index (χ0) is 15.8. The third-order valence-corrected chi connectivity index (χ3v) is 2.60. The van der Waals surface area contributed by atoms with E-state index in [2.05, 4.69) is 10.6 Å². The first kappa shape index (κ1) is 18.7. The van der Waals surface area contributed by atoms with Crippen molar-refractivity contribution in [2.24, 2.45) is 5.41 Å². The zero-order valence-corrected chi connectivity index (χ0v) is 13.0. The highest BCUT2D eigenvalue weighted by Gasteiger charge is 2.32. The SMILES string of the molecule is CN(C)CCOCCNC(=O)N[C@H](C(=O)O)C(C)(C)C. The molecule has 2 amide bonds. The first-order valence-electron chi connectivity index (χ1n) is 6.64. The molecule has 0 unspecified atom stereocenters. The van der Waals surface area contributed by atoms with Crippen molar-refractivity contribution in [2.45, 2.75) is 26.8 Å². The Morgan fingerprint density at radius 1 is 1.25 bits per heavy atom. The lowest BCUT2D eigenvalue weighted by Crippen LogP contribution is -2.52. The average molecular weight is 289 g/mol. The van der Waals surface area contributed by atoms with Crippen LogP contribution >= 0.6 is 0 Å². The van der Waals surface area contributed by atoms with Crippen LogP contribution in [0.15, 0.2) is 0 Å². The molecule has 0 aromatic carbocycles. The van der Waals surface area contributed by atoms with E-state index in [0.717, 1.165) is 6.54 Å². The van der Waals surface area contributed by atoms with Crippen LogP contribution in [0.5, 0.6) is 0 Å². The summed E-state index contributed by atoms with van der Waals surface area (Å²) < 4.78 is 5.31. The zero-order valence-electron chi connectivity index (χ0n) is 13.0. The Bertz CT molecular complexity index is 313. The van der Waals surface area contributed by atoms with Crippen LogP contribution in [0, 0.1) is 5.41 Å². The fourth-order valence-electron chi connectivity index (χ4n) is 1.42. The number of carbonyl (C=O) groups is 2. The van der Waals surface area contributed by atoms with E-state index < -0.39 is 23.5 Å². The quantitative estimate of drug-likeness (QED) is 0.561. The summed E-state index contributed by atoms with van der Waals surface area (Å²) in [5.41, 5.74) is -0.550. The van der Waals surface area contributed by atoms with E-state index in [4.69, 9.17) is 9.84 Å². The average Bonchev–Trinajstić information content (AvgIpc) is 2.28. The van der Waals surface area contributed by atoms with Gasteiger partial charge in [0.05, 0.1) is 13.2 Å². The molecule has 0 aliphatic heterocycles. The lowest BCUT2D eigenvalue weighted by Gasteiger charge is -2.27. The Morgan fingerprint density at radius 2 is 1.85 bits per heavy atom. The number of ether oxygens (including phenoxy) is 1. The number of aliphatic carboxylic acids is 1. The lowest BCUT2D eigenvalue weighted by molar-refractivity contribution is -0.141. The molecule has 118 valence electrons. The second-order valence-corrected chi connectivity index (χ2v) is 5.95. The van der Waals surface area contributed by atoms with Gasteiger partial charge in [0.1, 0.15) is 6.04 Å². The minimum atomic E-state index is -1.05. The van der Waals surface area contributed by atoms with Crippen LogP contribution < -0.4 is 10.6 Å². The summed E-state index contributed by atoms with van der Waals surface area (Å²) >= 11 is 0. The number of nitrogens with zero attached hydrogens (tertiary/aromatic N) is 1. The smallest absolute Gasteiger partial charge is 0.326 e. The van der Waals surface area contributed by atoms with E-state index in [1.165, 1.54) is 0 Å². The van der Waals surface area contributed by atoms with Gasteiger partial charge in [-0.3, -0.25) is 0 Å². The molecule has 0 aliphatic rings. The van der Waals surface area contributed by atoms with Gasteiger partial charge in [-0.2, -0.15) is 0 Å². The van der Waals surface area contributed by atoms with Crippen LogP contribution in [0.25, 0.3) is 0 Å². The van der Waals surface area contributed by atoms with E-state index in [9.17, 15) is 9.59 Å². The molecular formula is C13H27N3O4. The number of nitrogens with one attached hydrogen (secondary N) is 2. The monoisotopic (exact) mass is 289 g/mol. The molecule has 7 heteroatoms. The second-order valence-electron chi connectivity index (χ2n) is 5.95. The number of carbonyl (C=O) groups excluding carboxylic acids is 1. The largest absolute Gasteiger partial charge is 0.480 e. The fourth-order valence-corrected chi connectivity index (χ4v) is 1.42. The highest BCUT2D eigenvalue weighted by molar-refractivity contribution is 5.83. The molecule has 7 nitrogen and oxygen atoms in total. The third-order valence-electron chi connectivity index (χ3n) is 2.60. The molecule has 1 atom stereocenters. The second kappa shape index (κ2) is 8.76. The maximum Gasteiger partial charge on any atom is 0.326 e. The summed E-state index contributed by atoms with van der Waals surface area (Å²) in [7, 11) is 3.90. The summed E-state index contributed by atoms with van der Waals surface area (Å²) in [6.07, 6.45) is 0. The number of rotatable bonds is 8. The summed E-state index contributed by atoms with van der Waals surface area (Å²) in [5.74, 6) is -1.05. The Balaban J connectivity index is 3.90. The van der Waals surface area contributed by atoms with Crippen molar-refractivity contribution in [3.63, 3.8) is 0 Å². The van der Waals surface area contributed by atoms with Crippen molar-refractivity contribution in [1.82, 2.24) is 15.5 Å². The number of carboxylic acid groups (broad SMARTS) is 1. The number of hydrogen-bond acceptors (Lipinski definition) is 4. The Hall–Kier alpha value is -1.34. The van der Waals surface area contributed by atoms with Crippen LogP contribution in [0.3, 0.4) is 0 Å². The highest BCUT2D eigenvalue weighted by atomic mass is 16.5. The van der Waals surface area contributed by atoms with Crippen molar-refractivity contribution in [1.29, 1.82) is 0 Å². The summed E-state index contributed by atoms with van der Waals surface area (Å²) in [6, 6.07) is -1.43. The number of likely N-dealkylation sites (N-methyl/N-ethyl adjacent to an activating group) is 1. The van der Waals surface area contributed by atoms with E-state index in [1.807, 2.05) is 19.0 Å². The normalized spacial score (nSPS) is 13.1. The highest BCUT2D eigenvalue weighted by Crippen LogP contribution is 2.19. The van der Waals surface area contributed by atoms with Crippen LogP contribution in [0.4, 0.5) is 4.79 Å². The van der Waals surface area contributed by atoms with Crippen molar-refractivity contribution in [3.8, 4) is 0 Å². The van der Waals surface area contributed by atoms with Gasteiger partial charge in [-0.1, -0.05) is 20.8 Å². The van der Waals surface area contributed by atoms with Crippen molar-refractivity contribution < 1.29 is 19.4 Å². The number of hydrogen-bond donors (Lipinski definition) is 3. The standard InChI is InChI=1S/C13H27N3O4/c1-13(2,3)10(11(17)18)15-12(19)14-6-8-20-9-7-16(4)5/h10H,6-9H2,1-5H3,(H,17,18)(H2,14,15,19)/t10-/m1/s1. The van der Waals surface area contributed by atoms with Crippen LogP contribution in [-0.2, 0) is 9.53 Å². The minimum Gasteiger partial charge on any atom is -0.480 e. The maximum absolute atomic E-state index is 11.6. The molecule has 0 radical (unpaired) electrons. The van der Waals surface area contributed by atoms with Gasteiger partial charge in [0.15, 0.2) is 0 Å². The summed E-state index contributed by atoms with van der Waals surface area (Å²) in [5, 5.41) is 14.1. The summed E-state index contributed by atoms with van der Waals surface area (Å²) in [6.45, 7) is 7.43. The van der Waals surface area contributed by atoms with Gasteiger partial charge in [-0.15, -0.1) is 0 Å². The Morgan fingerprint density at radius 3 is 2.30 bits per heavy atom. The van der Waals surface area contributed by atoms with Gasteiger partial charge in [0, 0.05) is 13.1 Å². The Kier molecular flexibility index (Phi) is 8.17. The molecular weight excluding hydrogens is 262 g/mol. The van der Waals surface area contributed by atoms with Crippen LogP contribution in [0.1, 0.15) is 20.8 Å². The fraction of sp³-hybridized carbons (Fsp3) is 0.846. The molecule has 20 heavy (non-hydrogen) atoms. The summed E-state index contributed by atoms with van der Waals surface area (Å²) in [4.78, 5) is 24.7. The van der Waals surface area contributed by atoms with Crippen molar-refractivity contribution in [3.05, 3.63) is 0 Å². The number of urea groups is 1. The van der Waals surface area contributed by atoms with Crippen molar-refractivity contribution >= 4 is 12.0 Å². The van der Waals surface area contributed by atoms with Crippen LogP contribution in [-0.4, -0.2) is 68.4 Å². The van der Waals surface area contributed by atoms with Gasteiger partial charge < -0.3 is 25.4 Å². The topological polar surface area (TPSA) is 90.9 Å². The van der Waals surface area contributed by atoms with E-state index in [1.54, 1.807) is 20.8 Å². The Labute approximate surface area is 120 Å². The molecule has 0 fully saturated rings. The number of carboxylic acids is 1. The molecule has 0 saturated heterocycles. The first-order chi connectivity index (χ1) is 9.14. The predicted octanol–water partition coefficient (Wildman–Crippen LogP) is 0.363. The van der Waals surface area contributed by atoms with E-state index in [0.29, 0.717) is 19.8 Å². The maximum atomic E-state index is 11.6. The molecule has 0 aromatic heterocycles. The predicted molar refractivity (Wildman–Crippen MR) is 76.8 cm³/mol. The third kappa shape index (κ3) is 8.71. The number of amides is 2. The first-order valence-corrected chi connectivity index (χ1v) is 6.64. The van der Waals surface area contributed by atoms with Gasteiger partial charge >= 0.3 is 12.0 Å². The minimum absolute atomic E-state index is 0.343. The molecule has 0 heterocycles. The molecule has 3 N–H and O–H groups in total. The van der Waals surface area contributed by atoms with Gasteiger partial charge in [-0.25, -0.2) is 9.59 Å². The molecule has 0 aliphatic carbocycles. The van der Waals surface area contributed by atoms with Gasteiger partial charge in [0.25, 0.3) is 0 Å². The molecule has 0 bridgehead atoms.